The van der Waals surface area contributed by atoms with Crippen molar-refractivity contribution in [1.29, 1.82) is 0 Å². The van der Waals surface area contributed by atoms with E-state index in [0.717, 1.165) is 30.1 Å². The first kappa shape index (κ1) is 13.1. The predicted molar refractivity (Wildman–Crippen MR) is 70.8 cm³/mol. The van der Waals surface area contributed by atoms with Crippen LogP contribution in [0.1, 0.15) is 0 Å². The number of halogens is 2. The molecule has 1 saturated heterocycles. The van der Waals surface area contributed by atoms with Crippen molar-refractivity contribution < 1.29 is 0 Å². The Kier molecular flexibility index (Phi) is 4.02. The Morgan fingerprint density at radius 3 is 2.56 bits per heavy atom. The molecule has 2 aromatic rings. The number of imidazole rings is 1. The largest absolute Gasteiger partial charge is 0.339 e. The van der Waals surface area contributed by atoms with Crippen molar-refractivity contribution in [2.75, 3.05) is 18.0 Å². The molecular weight excluding hydrogens is 247 g/mol. The Morgan fingerprint density at radius 2 is 1.94 bits per heavy atom. The summed E-state index contributed by atoms with van der Waals surface area (Å²) < 4.78 is 0. The smallest absolute Gasteiger partial charge is 0.203 e. The lowest BCUT2D eigenvalue weighted by atomic mass is 10.1. The quantitative estimate of drug-likeness (QED) is 0.818. The highest BCUT2D eigenvalue weighted by Crippen LogP contribution is 2.20. The number of aromatic amines is 1. The van der Waals surface area contributed by atoms with Gasteiger partial charge in [-0.15, -0.1) is 24.8 Å². The zero-order valence-electron chi connectivity index (χ0n) is 8.59. The Hall–Kier alpha value is -0.970. The number of anilines is 1. The summed E-state index contributed by atoms with van der Waals surface area (Å²) in [5.41, 5.74) is 7.82. The van der Waals surface area contributed by atoms with Crippen LogP contribution in [0.4, 0.5) is 5.95 Å². The van der Waals surface area contributed by atoms with Crippen LogP contribution in [0, 0.1) is 0 Å². The van der Waals surface area contributed by atoms with Gasteiger partial charge in [-0.1, -0.05) is 12.1 Å². The van der Waals surface area contributed by atoms with Crippen LogP contribution < -0.4 is 10.6 Å². The third-order valence-corrected chi connectivity index (χ3v) is 2.59. The fourth-order valence-corrected chi connectivity index (χ4v) is 1.77. The molecule has 1 aromatic heterocycles. The van der Waals surface area contributed by atoms with E-state index in [-0.39, 0.29) is 24.8 Å². The van der Waals surface area contributed by atoms with Gasteiger partial charge in [0.25, 0.3) is 0 Å². The maximum atomic E-state index is 5.72. The van der Waals surface area contributed by atoms with Crippen molar-refractivity contribution in [2.45, 2.75) is 6.04 Å². The maximum Gasteiger partial charge on any atom is 0.203 e. The van der Waals surface area contributed by atoms with E-state index in [9.17, 15) is 0 Å². The average molecular weight is 261 g/mol. The van der Waals surface area contributed by atoms with Gasteiger partial charge in [0.15, 0.2) is 0 Å². The number of rotatable bonds is 1. The molecule has 0 radical (unpaired) electrons. The van der Waals surface area contributed by atoms with Crippen LogP contribution in [0.5, 0.6) is 0 Å². The van der Waals surface area contributed by atoms with Crippen molar-refractivity contribution >= 4 is 41.8 Å². The number of fused-ring (bicyclic) bond motifs is 1. The number of nitrogens with zero attached hydrogens (tertiary/aromatic N) is 2. The monoisotopic (exact) mass is 260 g/mol. The summed E-state index contributed by atoms with van der Waals surface area (Å²) >= 11 is 0. The molecule has 0 spiro atoms. The lowest BCUT2D eigenvalue weighted by Crippen LogP contribution is -2.56. The molecule has 1 aliphatic heterocycles. The first-order valence-corrected chi connectivity index (χ1v) is 4.78. The molecule has 6 heteroatoms. The van der Waals surface area contributed by atoms with Crippen molar-refractivity contribution in [3.63, 3.8) is 0 Å². The topological polar surface area (TPSA) is 57.9 Å². The van der Waals surface area contributed by atoms with E-state index < -0.39 is 0 Å². The number of hydrogen-bond donors (Lipinski definition) is 2. The van der Waals surface area contributed by atoms with E-state index >= 15 is 0 Å². The Balaban J connectivity index is 0.000000640. The first-order chi connectivity index (χ1) is 6.83. The van der Waals surface area contributed by atoms with Crippen LogP contribution in [0.2, 0.25) is 0 Å². The minimum absolute atomic E-state index is 0. The van der Waals surface area contributed by atoms with Gasteiger partial charge < -0.3 is 15.6 Å². The van der Waals surface area contributed by atoms with Crippen LogP contribution in [0.15, 0.2) is 24.3 Å². The van der Waals surface area contributed by atoms with Gasteiger partial charge in [0.2, 0.25) is 5.95 Å². The summed E-state index contributed by atoms with van der Waals surface area (Å²) in [6, 6.07) is 8.35. The highest BCUT2D eigenvalue weighted by Gasteiger charge is 2.25. The summed E-state index contributed by atoms with van der Waals surface area (Å²) in [5, 5.41) is 0. The van der Waals surface area contributed by atoms with Crippen LogP contribution in [-0.4, -0.2) is 29.1 Å². The van der Waals surface area contributed by atoms with Crippen molar-refractivity contribution in [1.82, 2.24) is 9.97 Å². The fraction of sp³-hybridized carbons (Fsp3) is 0.300. The molecule has 0 amide bonds. The summed E-state index contributed by atoms with van der Waals surface area (Å²) in [6.45, 7) is 1.81. The number of benzene rings is 1. The highest BCUT2D eigenvalue weighted by molar-refractivity contribution is 5.85. The zero-order valence-corrected chi connectivity index (χ0v) is 10.2. The Bertz CT molecular complexity index is 432. The summed E-state index contributed by atoms with van der Waals surface area (Å²) in [5.74, 6) is 0.938. The molecule has 2 heterocycles. The molecule has 4 nitrogen and oxygen atoms in total. The van der Waals surface area contributed by atoms with Crippen LogP contribution >= 0.6 is 24.8 Å². The van der Waals surface area contributed by atoms with Gasteiger partial charge in [-0.05, 0) is 12.1 Å². The molecule has 1 fully saturated rings. The lowest BCUT2D eigenvalue weighted by Gasteiger charge is -2.36. The second-order valence-electron chi connectivity index (χ2n) is 3.74. The molecule has 0 aliphatic carbocycles. The number of nitrogens with two attached hydrogens (primary N) is 1. The van der Waals surface area contributed by atoms with Gasteiger partial charge in [-0.2, -0.15) is 0 Å². The number of para-hydroxylation sites is 2. The van der Waals surface area contributed by atoms with Gasteiger partial charge in [-0.3, -0.25) is 0 Å². The number of hydrogen-bond acceptors (Lipinski definition) is 3. The molecule has 16 heavy (non-hydrogen) atoms. The molecule has 0 atom stereocenters. The Morgan fingerprint density at radius 1 is 1.25 bits per heavy atom. The maximum absolute atomic E-state index is 5.72. The summed E-state index contributed by atoms with van der Waals surface area (Å²) in [4.78, 5) is 9.92. The molecule has 3 rings (SSSR count). The SMILES string of the molecule is Cl.Cl.NC1CN(c2nc3ccccc3[nH]2)C1. The highest BCUT2D eigenvalue weighted by atomic mass is 35.5. The lowest BCUT2D eigenvalue weighted by molar-refractivity contribution is 0.511. The minimum atomic E-state index is 0. The van der Waals surface area contributed by atoms with Gasteiger partial charge in [-0.25, -0.2) is 4.98 Å². The van der Waals surface area contributed by atoms with Gasteiger partial charge in [0.05, 0.1) is 11.0 Å². The van der Waals surface area contributed by atoms with Crippen LogP contribution in [0.25, 0.3) is 11.0 Å². The predicted octanol–water partition coefficient (Wildman–Crippen LogP) is 1.55. The molecule has 0 unspecified atom stereocenters. The zero-order chi connectivity index (χ0) is 9.54. The second-order valence-corrected chi connectivity index (χ2v) is 3.74. The standard InChI is InChI=1S/C10H12N4.2ClH/c11-7-5-14(6-7)10-12-8-3-1-2-4-9(8)13-10;;/h1-4,7H,5-6,11H2,(H,12,13);2*1H. The minimum Gasteiger partial charge on any atom is -0.339 e. The third kappa shape index (κ3) is 2.09. The van der Waals surface area contributed by atoms with E-state index in [2.05, 4.69) is 14.9 Å². The molecule has 0 bridgehead atoms. The molecule has 1 aliphatic rings. The van der Waals surface area contributed by atoms with Crippen LogP contribution in [-0.2, 0) is 0 Å². The third-order valence-electron chi connectivity index (χ3n) is 2.59. The Labute approximate surface area is 106 Å². The fourth-order valence-electron chi connectivity index (χ4n) is 1.77. The second kappa shape index (κ2) is 4.91. The average Bonchev–Trinajstić information content (AvgIpc) is 2.55. The molecule has 0 saturated carbocycles. The van der Waals surface area contributed by atoms with E-state index in [4.69, 9.17) is 5.73 Å². The normalized spacial score (nSPS) is 15.2. The van der Waals surface area contributed by atoms with Crippen LogP contribution in [0.3, 0.4) is 0 Å². The number of H-pyrrole nitrogens is 1. The van der Waals surface area contributed by atoms with Gasteiger partial charge in [0.1, 0.15) is 0 Å². The number of aromatic nitrogens is 2. The van der Waals surface area contributed by atoms with E-state index in [1.54, 1.807) is 0 Å². The molecule has 1 aromatic carbocycles. The number of nitrogens with one attached hydrogen (secondary N) is 1. The molecular formula is C10H14Cl2N4. The molecule has 88 valence electrons. The van der Waals surface area contributed by atoms with Crippen molar-refractivity contribution in [3.8, 4) is 0 Å². The van der Waals surface area contributed by atoms with Gasteiger partial charge in [0, 0.05) is 19.1 Å². The van der Waals surface area contributed by atoms with Crippen molar-refractivity contribution in [2.24, 2.45) is 5.73 Å². The van der Waals surface area contributed by atoms with E-state index in [1.807, 2.05) is 24.3 Å². The van der Waals surface area contributed by atoms with E-state index in [1.165, 1.54) is 0 Å². The van der Waals surface area contributed by atoms with Gasteiger partial charge >= 0.3 is 0 Å². The summed E-state index contributed by atoms with van der Waals surface area (Å²) in [6.07, 6.45) is 0. The van der Waals surface area contributed by atoms with Crippen molar-refractivity contribution in [3.05, 3.63) is 24.3 Å². The first-order valence-electron chi connectivity index (χ1n) is 4.78. The van der Waals surface area contributed by atoms with E-state index in [0.29, 0.717) is 6.04 Å². The molecule has 3 N–H and O–H groups in total. The summed E-state index contributed by atoms with van der Waals surface area (Å²) in [7, 11) is 0.